The summed E-state index contributed by atoms with van der Waals surface area (Å²) in [4.78, 5) is 6.76. The summed E-state index contributed by atoms with van der Waals surface area (Å²) in [7, 11) is 4.20. The molecule has 20 heavy (non-hydrogen) atoms. The van der Waals surface area contributed by atoms with Crippen molar-refractivity contribution in [2.45, 2.75) is 64.5 Å². The van der Waals surface area contributed by atoms with Gasteiger partial charge in [-0.15, -0.1) is 0 Å². The fourth-order valence-electron chi connectivity index (χ4n) is 2.51. The Balaban J connectivity index is 2.47. The van der Waals surface area contributed by atoms with E-state index in [0.717, 1.165) is 18.8 Å². The molecule has 1 aromatic heterocycles. The largest absolute Gasteiger partial charge is 0.337 e. The Labute approximate surface area is 124 Å². The Morgan fingerprint density at radius 1 is 1.30 bits per heavy atom. The van der Waals surface area contributed by atoms with Gasteiger partial charge in [0.1, 0.15) is 5.82 Å². The first-order chi connectivity index (χ1) is 9.53. The average molecular weight is 280 g/mol. The van der Waals surface area contributed by atoms with E-state index in [4.69, 9.17) is 5.73 Å². The molecule has 116 valence electrons. The van der Waals surface area contributed by atoms with Gasteiger partial charge in [0.25, 0.3) is 0 Å². The summed E-state index contributed by atoms with van der Waals surface area (Å²) in [5, 5.41) is 0. The molecule has 0 aliphatic heterocycles. The number of likely N-dealkylation sites (N-methyl/N-ethyl adjacent to an activating group) is 1. The molecule has 0 fully saturated rings. The molecule has 0 aliphatic rings. The topological polar surface area (TPSA) is 47.1 Å². The van der Waals surface area contributed by atoms with Crippen LogP contribution in [0.1, 0.15) is 58.2 Å². The standard InChI is InChI=1S/C16H32N4/c1-5-6-7-8-9-10-16(2,14-17)20(4)13-15-18-11-12-19(15)3/h11-12H,5-10,13-14,17H2,1-4H3. The summed E-state index contributed by atoms with van der Waals surface area (Å²) >= 11 is 0. The molecule has 1 rings (SSSR count). The van der Waals surface area contributed by atoms with E-state index in [-0.39, 0.29) is 5.54 Å². The van der Waals surface area contributed by atoms with Crippen LogP contribution in [0.15, 0.2) is 12.4 Å². The van der Waals surface area contributed by atoms with Crippen molar-refractivity contribution >= 4 is 0 Å². The molecule has 0 aromatic carbocycles. The molecule has 0 aliphatic carbocycles. The normalized spacial score (nSPS) is 14.7. The Bertz CT molecular complexity index is 374. The lowest BCUT2D eigenvalue weighted by Gasteiger charge is -2.38. The zero-order valence-electron chi connectivity index (χ0n) is 13.7. The van der Waals surface area contributed by atoms with Crippen LogP contribution in [0.5, 0.6) is 0 Å². The summed E-state index contributed by atoms with van der Waals surface area (Å²) < 4.78 is 2.08. The molecule has 1 unspecified atom stereocenters. The minimum atomic E-state index is 0.0676. The highest BCUT2D eigenvalue weighted by Crippen LogP contribution is 2.22. The monoisotopic (exact) mass is 280 g/mol. The lowest BCUT2D eigenvalue weighted by molar-refractivity contribution is 0.118. The number of aryl methyl sites for hydroxylation is 1. The van der Waals surface area contributed by atoms with Crippen LogP contribution < -0.4 is 5.73 Å². The Hall–Kier alpha value is -0.870. The predicted octanol–water partition coefficient (Wildman–Crippen LogP) is 2.93. The van der Waals surface area contributed by atoms with Crippen molar-refractivity contribution in [1.82, 2.24) is 14.5 Å². The molecule has 0 amide bonds. The van der Waals surface area contributed by atoms with Gasteiger partial charge in [0.05, 0.1) is 6.54 Å². The third-order valence-electron chi connectivity index (χ3n) is 4.48. The molecule has 4 heteroatoms. The van der Waals surface area contributed by atoms with Crippen molar-refractivity contribution in [2.75, 3.05) is 13.6 Å². The fourth-order valence-corrected chi connectivity index (χ4v) is 2.51. The van der Waals surface area contributed by atoms with Crippen molar-refractivity contribution in [2.24, 2.45) is 12.8 Å². The van der Waals surface area contributed by atoms with Crippen molar-refractivity contribution in [3.05, 3.63) is 18.2 Å². The van der Waals surface area contributed by atoms with Crippen LogP contribution in [0.4, 0.5) is 0 Å². The van der Waals surface area contributed by atoms with Gasteiger partial charge in [0.15, 0.2) is 0 Å². The van der Waals surface area contributed by atoms with Crippen molar-refractivity contribution < 1.29 is 0 Å². The maximum atomic E-state index is 6.05. The van der Waals surface area contributed by atoms with Gasteiger partial charge in [-0.25, -0.2) is 4.98 Å². The first-order valence-corrected chi connectivity index (χ1v) is 7.91. The van der Waals surface area contributed by atoms with Crippen molar-refractivity contribution in [1.29, 1.82) is 0 Å². The number of aromatic nitrogens is 2. The summed E-state index contributed by atoms with van der Waals surface area (Å²) in [5.41, 5.74) is 6.11. The minimum absolute atomic E-state index is 0.0676. The number of hydrogen-bond donors (Lipinski definition) is 1. The molecular formula is C16H32N4. The molecule has 0 saturated heterocycles. The van der Waals surface area contributed by atoms with Gasteiger partial charge in [-0.1, -0.05) is 39.0 Å². The SMILES string of the molecule is CCCCCCCC(C)(CN)N(C)Cc1nccn1C. The number of rotatable bonds is 10. The van der Waals surface area contributed by atoms with Crippen molar-refractivity contribution in [3.8, 4) is 0 Å². The smallest absolute Gasteiger partial charge is 0.122 e. The number of nitrogens with zero attached hydrogens (tertiary/aromatic N) is 3. The fraction of sp³-hybridized carbons (Fsp3) is 0.812. The molecule has 0 bridgehead atoms. The maximum Gasteiger partial charge on any atom is 0.122 e. The molecule has 4 nitrogen and oxygen atoms in total. The lowest BCUT2D eigenvalue weighted by atomic mass is 9.92. The quantitative estimate of drug-likeness (QED) is 0.670. The highest BCUT2D eigenvalue weighted by molar-refractivity contribution is 4.94. The third-order valence-corrected chi connectivity index (χ3v) is 4.48. The summed E-state index contributed by atoms with van der Waals surface area (Å²) in [6, 6.07) is 0. The van der Waals surface area contributed by atoms with Crippen molar-refractivity contribution in [3.63, 3.8) is 0 Å². The Kier molecular flexibility index (Phi) is 7.24. The lowest BCUT2D eigenvalue weighted by Crippen LogP contribution is -2.49. The highest BCUT2D eigenvalue weighted by Gasteiger charge is 2.27. The summed E-state index contributed by atoms with van der Waals surface area (Å²) in [6.07, 6.45) is 11.6. The van der Waals surface area contributed by atoms with Crippen LogP contribution in [0.2, 0.25) is 0 Å². The molecular weight excluding hydrogens is 248 g/mol. The number of unbranched alkanes of at least 4 members (excludes halogenated alkanes) is 4. The Morgan fingerprint density at radius 3 is 2.55 bits per heavy atom. The molecule has 0 saturated carbocycles. The van der Waals surface area contributed by atoms with Crippen LogP contribution in [0.25, 0.3) is 0 Å². The first kappa shape index (κ1) is 17.2. The average Bonchev–Trinajstić information content (AvgIpc) is 2.83. The molecule has 0 radical (unpaired) electrons. The minimum Gasteiger partial charge on any atom is -0.337 e. The van der Waals surface area contributed by atoms with Crippen LogP contribution in [-0.4, -0.2) is 33.6 Å². The highest BCUT2D eigenvalue weighted by atomic mass is 15.2. The maximum absolute atomic E-state index is 6.05. The van der Waals surface area contributed by atoms with E-state index in [1.807, 2.05) is 19.4 Å². The second-order valence-corrected chi connectivity index (χ2v) is 6.18. The molecule has 1 heterocycles. The first-order valence-electron chi connectivity index (χ1n) is 7.91. The zero-order valence-corrected chi connectivity index (χ0v) is 13.7. The van der Waals surface area contributed by atoms with E-state index in [1.54, 1.807) is 0 Å². The summed E-state index contributed by atoms with van der Waals surface area (Å²) in [5.74, 6) is 1.10. The molecule has 1 atom stereocenters. The van der Waals surface area contributed by atoms with Gasteiger partial charge in [-0.2, -0.15) is 0 Å². The van der Waals surface area contributed by atoms with E-state index in [9.17, 15) is 0 Å². The van der Waals surface area contributed by atoms with Crippen LogP contribution in [0, 0.1) is 0 Å². The second-order valence-electron chi connectivity index (χ2n) is 6.18. The molecule has 1 aromatic rings. The Morgan fingerprint density at radius 2 is 2.00 bits per heavy atom. The molecule has 0 spiro atoms. The predicted molar refractivity (Wildman–Crippen MR) is 85.5 cm³/mol. The van der Waals surface area contributed by atoms with Gasteiger partial charge in [-0.05, 0) is 20.4 Å². The summed E-state index contributed by atoms with van der Waals surface area (Å²) in [6.45, 7) is 6.08. The van der Waals surface area contributed by atoms with Crippen LogP contribution in [-0.2, 0) is 13.6 Å². The van der Waals surface area contributed by atoms with Crippen LogP contribution >= 0.6 is 0 Å². The van der Waals surface area contributed by atoms with Gasteiger partial charge in [0.2, 0.25) is 0 Å². The van der Waals surface area contributed by atoms with E-state index >= 15 is 0 Å². The van der Waals surface area contributed by atoms with Gasteiger partial charge < -0.3 is 10.3 Å². The van der Waals surface area contributed by atoms with E-state index in [0.29, 0.717) is 6.54 Å². The van der Waals surface area contributed by atoms with Gasteiger partial charge in [-0.3, -0.25) is 4.90 Å². The third kappa shape index (κ3) is 4.91. The number of nitrogens with two attached hydrogens (primary N) is 1. The van der Waals surface area contributed by atoms with E-state index in [1.165, 1.54) is 32.1 Å². The second kappa shape index (κ2) is 8.42. The number of imidazole rings is 1. The van der Waals surface area contributed by atoms with Gasteiger partial charge >= 0.3 is 0 Å². The van der Waals surface area contributed by atoms with E-state index in [2.05, 4.69) is 35.3 Å². The van der Waals surface area contributed by atoms with Crippen LogP contribution in [0.3, 0.4) is 0 Å². The molecule has 2 N–H and O–H groups in total. The number of hydrogen-bond acceptors (Lipinski definition) is 3. The van der Waals surface area contributed by atoms with Gasteiger partial charge in [0, 0.05) is 31.5 Å². The zero-order chi connectivity index (χ0) is 15.0. The van der Waals surface area contributed by atoms with E-state index < -0.39 is 0 Å².